The Morgan fingerprint density at radius 3 is 2.64 bits per heavy atom. The number of anilines is 1. The molecule has 25 heavy (non-hydrogen) atoms. The lowest BCUT2D eigenvalue weighted by Crippen LogP contribution is -2.29. The summed E-state index contributed by atoms with van der Waals surface area (Å²) in [6.45, 7) is 0.894. The first kappa shape index (κ1) is 17.8. The number of halogens is 1. The lowest BCUT2D eigenvalue weighted by Gasteiger charge is -2.15. The molecule has 0 atom stereocenters. The van der Waals surface area contributed by atoms with Gasteiger partial charge in [0.2, 0.25) is 5.91 Å². The molecule has 1 aromatic heterocycles. The van der Waals surface area contributed by atoms with Crippen LogP contribution in [0.25, 0.3) is 0 Å². The first-order valence-electron chi connectivity index (χ1n) is 7.53. The lowest BCUT2D eigenvalue weighted by molar-refractivity contribution is -0.117. The van der Waals surface area contributed by atoms with Crippen molar-refractivity contribution in [2.24, 2.45) is 0 Å². The summed E-state index contributed by atoms with van der Waals surface area (Å²) in [5.74, 6) is -0.848. The minimum atomic E-state index is -0.350. The summed E-state index contributed by atoms with van der Waals surface area (Å²) in [7, 11) is 3.31. The van der Waals surface area contributed by atoms with Crippen LogP contribution in [0, 0.1) is 0 Å². The number of carbonyl (C=O) groups excluding carboxylic acids is 3. The Balaban J connectivity index is 1.62. The van der Waals surface area contributed by atoms with E-state index >= 15 is 0 Å². The van der Waals surface area contributed by atoms with Crippen LogP contribution >= 0.6 is 27.3 Å². The van der Waals surface area contributed by atoms with Gasteiger partial charge < -0.3 is 5.32 Å². The third kappa shape index (κ3) is 3.81. The summed E-state index contributed by atoms with van der Waals surface area (Å²) < 4.78 is 1.03. The van der Waals surface area contributed by atoms with Gasteiger partial charge in [-0.05, 0) is 47.2 Å². The fraction of sp³-hybridized carbons (Fsp3) is 0.235. The minimum Gasteiger partial charge on any atom is -0.325 e. The molecule has 0 aliphatic carbocycles. The molecule has 2 heterocycles. The van der Waals surface area contributed by atoms with Gasteiger partial charge in [0.1, 0.15) is 0 Å². The van der Waals surface area contributed by atoms with Crippen LogP contribution in [0.15, 0.2) is 34.1 Å². The Kier molecular flexibility index (Phi) is 5.03. The van der Waals surface area contributed by atoms with Crippen molar-refractivity contribution in [3.8, 4) is 0 Å². The molecule has 0 saturated heterocycles. The quantitative estimate of drug-likeness (QED) is 0.753. The van der Waals surface area contributed by atoms with E-state index in [1.165, 1.54) is 7.05 Å². The van der Waals surface area contributed by atoms with Crippen LogP contribution in [0.5, 0.6) is 0 Å². The molecule has 6 nitrogen and oxygen atoms in total. The van der Waals surface area contributed by atoms with Gasteiger partial charge in [0, 0.05) is 34.0 Å². The molecule has 1 aliphatic rings. The van der Waals surface area contributed by atoms with Crippen LogP contribution in [0.2, 0.25) is 0 Å². The number of nitrogens with one attached hydrogen (secondary N) is 1. The van der Waals surface area contributed by atoms with Crippen LogP contribution in [0.1, 0.15) is 25.6 Å². The molecule has 3 amide bonds. The highest BCUT2D eigenvalue weighted by atomic mass is 79.9. The molecule has 0 fully saturated rings. The second-order valence-electron chi connectivity index (χ2n) is 5.88. The number of fused-ring (bicyclic) bond motifs is 1. The van der Waals surface area contributed by atoms with Crippen molar-refractivity contribution in [3.05, 3.63) is 50.1 Å². The maximum absolute atomic E-state index is 12.2. The topological polar surface area (TPSA) is 69.7 Å². The summed E-state index contributed by atoms with van der Waals surface area (Å²) in [5.41, 5.74) is 1.19. The van der Waals surface area contributed by atoms with Crippen molar-refractivity contribution in [1.82, 2.24) is 9.80 Å². The van der Waals surface area contributed by atoms with Crippen molar-refractivity contribution < 1.29 is 14.4 Å². The Bertz CT molecular complexity index is 865. The van der Waals surface area contributed by atoms with E-state index in [0.717, 1.165) is 14.2 Å². The third-order valence-electron chi connectivity index (χ3n) is 3.83. The average molecular weight is 422 g/mol. The van der Waals surface area contributed by atoms with Crippen LogP contribution in [0.4, 0.5) is 5.69 Å². The van der Waals surface area contributed by atoms with E-state index in [1.54, 1.807) is 29.5 Å². The van der Waals surface area contributed by atoms with Crippen molar-refractivity contribution in [3.63, 3.8) is 0 Å². The van der Waals surface area contributed by atoms with Crippen molar-refractivity contribution in [1.29, 1.82) is 0 Å². The van der Waals surface area contributed by atoms with Crippen molar-refractivity contribution in [2.75, 3.05) is 26.0 Å². The van der Waals surface area contributed by atoms with Crippen molar-refractivity contribution >= 4 is 50.7 Å². The second-order valence-corrected chi connectivity index (χ2v) is 7.79. The number of thiophene rings is 1. The molecule has 2 aromatic rings. The highest BCUT2D eigenvalue weighted by Crippen LogP contribution is 2.25. The molecule has 130 valence electrons. The highest BCUT2D eigenvalue weighted by molar-refractivity contribution is 9.10. The van der Waals surface area contributed by atoms with Gasteiger partial charge in [-0.15, -0.1) is 11.3 Å². The summed E-state index contributed by atoms with van der Waals surface area (Å²) in [4.78, 5) is 40.2. The van der Waals surface area contributed by atoms with Crippen LogP contribution in [0.3, 0.4) is 0 Å². The van der Waals surface area contributed by atoms with Gasteiger partial charge in [-0.2, -0.15) is 0 Å². The smallest absolute Gasteiger partial charge is 0.261 e. The number of hydrogen-bond acceptors (Lipinski definition) is 5. The van der Waals surface area contributed by atoms with E-state index in [9.17, 15) is 14.4 Å². The van der Waals surface area contributed by atoms with Gasteiger partial charge >= 0.3 is 0 Å². The molecule has 1 aliphatic heterocycles. The molecule has 0 saturated carbocycles. The van der Waals surface area contributed by atoms with E-state index in [1.807, 2.05) is 23.4 Å². The number of likely N-dealkylation sites (N-methyl/N-ethyl adjacent to an activating group) is 1. The van der Waals surface area contributed by atoms with Gasteiger partial charge in [-0.3, -0.25) is 24.2 Å². The van der Waals surface area contributed by atoms with E-state index < -0.39 is 0 Å². The normalized spacial score (nSPS) is 13.5. The Hall–Kier alpha value is -2.03. The first-order valence-corrected chi connectivity index (χ1v) is 9.20. The predicted octanol–water partition coefficient (Wildman–Crippen LogP) is 2.81. The molecule has 1 aromatic carbocycles. The Morgan fingerprint density at radius 1 is 1.24 bits per heavy atom. The highest BCUT2D eigenvalue weighted by Gasteiger charge is 2.32. The van der Waals surface area contributed by atoms with Gasteiger partial charge in [0.15, 0.2) is 0 Å². The SMILES string of the molecule is CN(CC(=O)Nc1ccc2c(c1)C(=O)N(C)C2=O)Cc1cc(Br)cs1. The van der Waals surface area contributed by atoms with Gasteiger partial charge in [-0.1, -0.05) is 0 Å². The zero-order chi connectivity index (χ0) is 18.1. The van der Waals surface area contributed by atoms with Crippen LogP contribution in [-0.4, -0.2) is 48.2 Å². The average Bonchev–Trinajstić information content (AvgIpc) is 3.04. The Labute approximate surface area is 157 Å². The number of carbonyl (C=O) groups is 3. The fourth-order valence-corrected chi connectivity index (χ4v) is 4.17. The fourth-order valence-electron chi connectivity index (χ4n) is 2.64. The number of benzene rings is 1. The van der Waals surface area contributed by atoms with Gasteiger partial charge in [0.25, 0.3) is 11.8 Å². The zero-order valence-electron chi connectivity index (χ0n) is 13.7. The molecule has 0 bridgehead atoms. The number of amides is 3. The monoisotopic (exact) mass is 421 g/mol. The largest absolute Gasteiger partial charge is 0.325 e. The summed E-state index contributed by atoms with van der Waals surface area (Å²) in [6, 6.07) is 6.78. The number of rotatable bonds is 5. The van der Waals surface area contributed by atoms with E-state index in [2.05, 4.69) is 21.2 Å². The second kappa shape index (κ2) is 7.07. The maximum atomic E-state index is 12.2. The van der Waals surface area contributed by atoms with E-state index in [-0.39, 0.29) is 24.3 Å². The van der Waals surface area contributed by atoms with E-state index in [4.69, 9.17) is 0 Å². The van der Waals surface area contributed by atoms with Crippen molar-refractivity contribution in [2.45, 2.75) is 6.54 Å². The standard InChI is InChI=1S/C17H16BrN3O3S/c1-20(7-12-5-10(18)9-25-12)8-15(22)19-11-3-4-13-14(6-11)17(24)21(2)16(13)23/h3-6,9H,7-8H2,1-2H3,(H,19,22). The summed E-state index contributed by atoms with van der Waals surface area (Å²) in [6.07, 6.45) is 0. The number of hydrogen-bond donors (Lipinski definition) is 1. The molecule has 0 spiro atoms. The molecule has 3 rings (SSSR count). The summed E-state index contributed by atoms with van der Waals surface area (Å²) >= 11 is 5.04. The Morgan fingerprint density at radius 2 is 1.96 bits per heavy atom. The summed E-state index contributed by atoms with van der Waals surface area (Å²) in [5, 5.41) is 4.78. The lowest BCUT2D eigenvalue weighted by atomic mass is 10.1. The van der Waals surface area contributed by atoms with E-state index in [0.29, 0.717) is 23.4 Å². The molecule has 8 heteroatoms. The molecule has 0 radical (unpaired) electrons. The predicted molar refractivity (Wildman–Crippen MR) is 99.8 cm³/mol. The molecular formula is C17H16BrN3O3S. The maximum Gasteiger partial charge on any atom is 0.261 e. The number of imide groups is 1. The van der Waals surface area contributed by atoms with Crippen LogP contribution < -0.4 is 5.32 Å². The minimum absolute atomic E-state index is 0.178. The van der Waals surface area contributed by atoms with Crippen LogP contribution in [-0.2, 0) is 11.3 Å². The molecular weight excluding hydrogens is 406 g/mol. The molecule has 0 unspecified atom stereocenters. The third-order valence-corrected chi connectivity index (χ3v) is 5.52. The molecule has 1 N–H and O–H groups in total. The zero-order valence-corrected chi connectivity index (χ0v) is 16.1. The number of nitrogens with zero attached hydrogens (tertiary/aromatic N) is 2. The van der Waals surface area contributed by atoms with Gasteiger partial charge in [-0.25, -0.2) is 0 Å². The van der Waals surface area contributed by atoms with Gasteiger partial charge in [0.05, 0.1) is 17.7 Å². The first-order chi connectivity index (χ1) is 11.8.